The first-order chi connectivity index (χ1) is 10.1. The van der Waals surface area contributed by atoms with Crippen molar-refractivity contribution in [3.05, 3.63) is 58.1 Å². The molecule has 0 heterocycles. The fourth-order valence-corrected chi connectivity index (χ4v) is 2.37. The summed E-state index contributed by atoms with van der Waals surface area (Å²) in [6, 6.07) is 13.3. The Balaban J connectivity index is 1.85. The van der Waals surface area contributed by atoms with E-state index in [1.807, 2.05) is 43.3 Å². The number of benzene rings is 2. The second-order valence-corrected chi connectivity index (χ2v) is 5.63. The molecule has 0 aliphatic heterocycles. The van der Waals surface area contributed by atoms with Crippen molar-refractivity contribution in [3.63, 3.8) is 0 Å². The van der Waals surface area contributed by atoms with Gasteiger partial charge in [-0.05, 0) is 36.2 Å². The molecule has 0 spiro atoms. The number of hydrogen-bond donors (Lipinski definition) is 2. The lowest BCUT2D eigenvalue weighted by atomic mass is 10.1. The van der Waals surface area contributed by atoms with E-state index in [-0.39, 0.29) is 12.5 Å². The van der Waals surface area contributed by atoms with Crippen LogP contribution in [0.5, 0.6) is 0 Å². The molecule has 2 aromatic carbocycles. The molecule has 1 amide bonds. The molecule has 21 heavy (non-hydrogen) atoms. The monoisotopic (exact) mass is 348 g/mol. The Labute approximate surface area is 132 Å². The molecular weight excluding hydrogens is 332 g/mol. The van der Waals surface area contributed by atoms with Gasteiger partial charge in [-0.1, -0.05) is 40.2 Å². The van der Waals surface area contributed by atoms with E-state index in [0.29, 0.717) is 18.0 Å². The molecule has 4 nitrogen and oxygen atoms in total. The van der Waals surface area contributed by atoms with Crippen LogP contribution >= 0.6 is 15.9 Å². The molecule has 0 saturated carbocycles. The molecule has 0 aromatic heterocycles. The van der Waals surface area contributed by atoms with Gasteiger partial charge >= 0.3 is 0 Å². The number of rotatable bonds is 5. The third-order valence-corrected chi connectivity index (χ3v) is 3.45. The summed E-state index contributed by atoms with van der Waals surface area (Å²) in [5.74, 6) is -0.217. The van der Waals surface area contributed by atoms with Crippen molar-refractivity contribution in [3.8, 4) is 0 Å². The second-order valence-electron chi connectivity index (χ2n) is 4.71. The zero-order valence-corrected chi connectivity index (χ0v) is 13.3. The standard InChI is InChI=1S/C16H17BrN2O2/c1-11-4-2-7-14(18)16(11)19-15(20)10-21-9-12-5-3-6-13(17)8-12/h2-8H,9-10,18H2,1H3,(H,19,20). The number of ether oxygens (including phenoxy) is 1. The minimum absolute atomic E-state index is 0.0136. The van der Waals surface area contributed by atoms with Crippen LogP contribution in [0.2, 0.25) is 0 Å². The topological polar surface area (TPSA) is 64.3 Å². The second kappa shape index (κ2) is 7.24. The molecule has 0 unspecified atom stereocenters. The van der Waals surface area contributed by atoms with Crippen molar-refractivity contribution in [2.75, 3.05) is 17.7 Å². The maximum atomic E-state index is 11.9. The van der Waals surface area contributed by atoms with Gasteiger partial charge in [0.1, 0.15) is 6.61 Å². The van der Waals surface area contributed by atoms with Crippen molar-refractivity contribution in [2.24, 2.45) is 0 Å². The van der Waals surface area contributed by atoms with Crippen molar-refractivity contribution >= 4 is 33.2 Å². The van der Waals surface area contributed by atoms with Gasteiger partial charge in [-0.3, -0.25) is 4.79 Å². The number of nitrogen functional groups attached to an aromatic ring is 1. The fraction of sp³-hybridized carbons (Fsp3) is 0.188. The van der Waals surface area contributed by atoms with Gasteiger partial charge in [0.05, 0.1) is 18.0 Å². The highest BCUT2D eigenvalue weighted by atomic mass is 79.9. The number of para-hydroxylation sites is 1. The van der Waals surface area contributed by atoms with E-state index in [1.54, 1.807) is 6.07 Å². The van der Waals surface area contributed by atoms with Crippen LogP contribution in [0.1, 0.15) is 11.1 Å². The number of nitrogens with two attached hydrogens (primary N) is 1. The highest BCUT2D eigenvalue weighted by Crippen LogP contribution is 2.22. The average Bonchev–Trinajstić information content (AvgIpc) is 2.43. The Kier molecular flexibility index (Phi) is 5.36. The predicted molar refractivity (Wildman–Crippen MR) is 88.0 cm³/mol. The van der Waals surface area contributed by atoms with Crippen molar-refractivity contribution in [1.29, 1.82) is 0 Å². The smallest absolute Gasteiger partial charge is 0.250 e. The van der Waals surface area contributed by atoms with Crippen LogP contribution in [0.15, 0.2) is 46.9 Å². The summed E-state index contributed by atoms with van der Waals surface area (Å²) in [6.45, 7) is 2.27. The van der Waals surface area contributed by atoms with E-state index in [0.717, 1.165) is 15.6 Å². The van der Waals surface area contributed by atoms with Gasteiger partial charge in [-0.15, -0.1) is 0 Å². The summed E-state index contributed by atoms with van der Waals surface area (Å²) < 4.78 is 6.40. The molecule has 2 rings (SSSR count). The van der Waals surface area contributed by atoms with Crippen molar-refractivity contribution < 1.29 is 9.53 Å². The predicted octanol–water partition coefficient (Wildman–Crippen LogP) is 3.50. The minimum atomic E-state index is -0.217. The summed E-state index contributed by atoms with van der Waals surface area (Å²) >= 11 is 3.39. The third kappa shape index (κ3) is 4.58. The van der Waals surface area contributed by atoms with Crippen LogP contribution in [-0.2, 0) is 16.1 Å². The first-order valence-electron chi connectivity index (χ1n) is 6.53. The van der Waals surface area contributed by atoms with Crippen molar-refractivity contribution in [1.82, 2.24) is 0 Å². The Morgan fingerprint density at radius 1 is 1.29 bits per heavy atom. The van der Waals surface area contributed by atoms with Gasteiger partial charge in [0.25, 0.3) is 0 Å². The molecule has 0 saturated heterocycles. The molecule has 0 fully saturated rings. The molecule has 0 radical (unpaired) electrons. The van der Waals surface area contributed by atoms with Crippen LogP contribution in [-0.4, -0.2) is 12.5 Å². The number of anilines is 2. The lowest BCUT2D eigenvalue weighted by molar-refractivity contribution is -0.121. The molecule has 0 aliphatic carbocycles. The Hall–Kier alpha value is -1.85. The van der Waals surface area contributed by atoms with Crippen LogP contribution in [0.3, 0.4) is 0 Å². The Morgan fingerprint density at radius 3 is 2.76 bits per heavy atom. The largest absolute Gasteiger partial charge is 0.397 e. The lowest BCUT2D eigenvalue weighted by Crippen LogP contribution is -2.19. The molecular formula is C16H17BrN2O2. The summed E-state index contributed by atoms with van der Waals surface area (Å²) in [5.41, 5.74) is 8.98. The van der Waals surface area contributed by atoms with E-state index >= 15 is 0 Å². The SMILES string of the molecule is Cc1cccc(N)c1NC(=O)COCc1cccc(Br)c1. The van der Waals surface area contributed by atoms with Crippen molar-refractivity contribution in [2.45, 2.75) is 13.5 Å². The van der Waals surface area contributed by atoms with Crippen LogP contribution in [0.25, 0.3) is 0 Å². The number of hydrogen-bond acceptors (Lipinski definition) is 3. The van der Waals surface area contributed by atoms with Crippen LogP contribution in [0, 0.1) is 6.92 Å². The first-order valence-corrected chi connectivity index (χ1v) is 7.32. The molecule has 3 N–H and O–H groups in total. The lowest BCUT2D eigenvalue weighted by Gasteiger charge is -2.11. The summed E-state index contributed by atoms with van der Waals surface area (Å²) in [6.07, 6.45) is 0. The molecule has 2 aromatic rings. The number of nitrogens with one attached hydrogen (secondary N) is 1. The number of halogens is 1. The number of carbonyl (C=O) groups excluding carboxylic acids is 1. The third-order valence-electron chi connectivity index (χ3n) is 2.96. The van der Waals surface area contributed by atoms with Gasteiger partial charge in [-0.25, -0.2) is 0 Å². The molecule has 110 valence electrons. The first kappa shape index (κ1) is 15.5. The van der Waals surface area contributed by atoms with Crippen LogP contribution < -0.4 is 11.1 Å². The van der Waals surface area contributed by atoms with E-state index < -0.39 is 0 Å². The maximum absolute atomic E-state index is 11.9. The number of amides is 1. The average molecular weight is 349 g/mol. The summed E-state index contributed by atoms with van der Waals surface area (Å²) in [4.78, 5) is 11.9. The van der Waals surface area contributed by atoms with Gasteiger partial charge < -0.3 is 15.8 Å². The van der Waals surface area contributed by atoms with Gasteiger partial charge in [-0.2, -0.15) is 0 Å². The Morgan fingerprint density at radius 2 is 2.05 bits per heavy atom. The molecule has 0 bridgehead atoms. The fourth-order valence-electron chi connectivity index (χ4n) is 1.93. The molecule has 0 aliphatic rings. The van der Waals surface area contributed by atoms with E-state index in [9.17, 15) is 4.79 Å². The maximum Gasteiger partial charge on any atom is 0.250 e. The van der Waals surface area contributed by atoms with E-state index in [4.69, 9.17) is 10.5 Å². The quantitative estimate of drug-likeness (QED) is 0.812. The molecule has 0 atom stereocenters. The normalized spacial score (nSPS) is 10.4. The molecule has 5 heteroatoms. The Bertz CT molecular complexity index is 624. The minimum Gasteiger partial charge on any atom is -0.397 e. The van der Waals surface area contributed by atoms with Gasteiger partial charge in [0, 0.05) is 4.47 Å². The highest BCUT2D eigenvalue weighted by molar-refractivity contribution is 9.10. The number of aryl methyl sites for hydroxylation is 1. The van der Waals surface area contributed by atoms with Gasteiger partial charge in [0.2, 0.25) is 5.91 Å². The summed E-state index contributed by atoms with van der Waals surface area (Å²) in [7, 11) is 0. The van der Waals surface area contributed by atoms with Crippen LogP contribution in [0.4, 0.5) is 11.4 Å². The zero-order chi connectivity index (χ0) is 15.2. The van der Waals surface area contributed by atoms with Gasteiger partial charge in [0.15, 0.2) is 0 Å². The van der Waals surface area contributed by atoms with E-state index in [2.05, 4.69) is 21.2 Å². The zero-order valence-electron chi connectivity index (χ0n) is 11.7. The highest BCUT2D eigenvalue weighted by Gasteiger charge is 2.08. The summed E-state index contributed by atoms with van der Waals surface area (Å²) in [5, 5.41) is 2.78. The number of carbonyl (C=O) groups is 1. The van der Waals surface area contributed by atoms with E-state index in [1.165, 1.54) is 0 Å².